The molecule has 1 aromatic heterocycles. The molecule has 0 bridgehead atoms. The van der Waals surface area contributed by atoms with Crippen molar-refractivity contribution in [2.24, 2.45) is 0 Å². The molecule has 21 heavy (non-hydrogen) atoms. The summed E-state index contributed by atoms with van der Waals surface area (Å²) in [7, 11) is 0. The van der Waals surface area contributed by atoms with Gasteiger partial charge in [0, 0.05) is 5.56 Å². The Bertz CT molecular complexity index is 779. The lowest BCUT2D eigenvalue weighted by Gasteiger charge is -2.18. The molecule has 0 spiro atoms. The van der Waals surface area contributed by atoms with Crippen LogP contribution in [0, 0.1) is 13.8 Å². The van der Waals surface area contributed by atoms with Crippen molar-refractivity contribution in [3.8, 4) is 0 Å². The highest BCUT2D eigenvalue weighted by Crippen LogP contribution is 2.29. The number of carbonyl (C=O) groups is 1. The first-order chi connectivity index (χ1) is 10.0. The third-order valence-electron chi connectivity index (χ3n) is 4.61. The van der Waals surface area contributed by atoms with E-state index in [0.717, 1.165) is 30.3 Å². The molecular weight excluding hydrogens is 268 g/mol. The van der Waals surface area contributed by atoms with Crippen molar-refractivity contribution in [1.82, 2.24) is 9.55 Å². The van der Waals surface area contributed by atoms with Crippen molar-refractivity contribution in [1.29, 1.82) is 0 Å². The lowest BCUT2D eigenvalue weighted by molar-refractivity contribution is 0.112. The predicted molar refractivity (Wildman–Crippen MR) is 79.8 cm³/mol. The lowest BCUT2D eigenvalue weighted by atomic mass is 10.0. The molecule has 0 aliphatic heterocycles. The number of fused-ring (bicyclic) bond motifs is 1. The number of aldehydes is 1. The summed E-state index contributed by atoms with van der Waals surface area (Å²) in [5.74, 6) is 0. The lowest BCUT2D eigenvalue weighted by Crippen LogP contribution is -2.29. The van der Waals surface area contributed by atoms with Crippen molar-refractivity contribution >= 4 is 17.2 Å². The van der Waals surface area contributed by atoms with Crippen molar-refractivity contribution in [3.05, 3.63) is 39.4 Å². The van der Waals surface area contributed by atoms with Crippen molar-refractivity contribution in [2.45, 2.75) is 45.3 Å². The number of benzene rings is 1. The van der Waals surface area contributed by atoms with Crippen LogP contribution in [-0.2, 0) is 0 Å². The summed E-state index contributed by atoms with van der Waals surface area (Å²) >= 11 is 0. The highest BCUT2D eigenvalue weighted by atomic mass is 16.3. The summed E-state index contributed by atoms with van der Waals surface area (Å²) in [6.45, 7) is 3.72. The van der Waals surface area contributed by atoms with E-state index in [1.54, 1.807) is 6.07 Å². The molecule has 1 N–H and O–H groups in total. The fraction of sp³-hybridized carbons (Fsp3) is 0.438. The van der Waals surface area contributed by atoms with E-state index < -0.39 is 6.10 Å². The third kappa shape index (κ3) is 2.08. The number of aryl methyl sites for hydroxylation is 1. The SMILES string of the molecule is Cc1c(C=O)cc2c(=O)n([C@H]3CCC[C@@H]3O)cnc2c1C. The van der Waals surface area contributed by atoms with Crippen molar-refractivity contribution in [3.63, 3.8) is 0 Å². The summed E-state index contributed by atoms with van der Waals surface area (Å²) in [4.78, 5) is 28.2. The number of hydrogen-bond donors (Lipinski definition) is 1. The van der Waals surface area contributed by atoms with Gasteiger partial charge in [-0.3, -0.25) is 14.2 Å². The van der Waals surface area contributed by atoms with Gasteiger partial charge in [0.25, 0.3) is 5.56 Å². The molecule has 1 aliphatic rings. The fourth-order valence-electron chi connectivity index (χ4n) is 3.17. The Hall–Kier alpha value is -2.01. The summed E-state index contributed by atoms with van der Waals surface area (Å²) in [5, 5.41) is 10.4. The van der Waals surface area contributed by atoms with Crippen LogP contribution in [0.1, 0.15) is 46.8 Å². The summed E-state index contributed by atoms with van der Waals surface area (Å²) in [6, 6.07) is 1.40. The van der Waals surface area contributed by atoms with E-state index in [2.05, 4.69) is 4.98 Å². The van der Waals surface area contributed by atoms with Gasteiger partial charge >= 0.3 is 0 Å². The zero-order valence-corrected chi connectivity index (χ0v) is 12.2. The van der Waals surface area contributed by atoms with Crippen LogP contribution in [0.25, 0.3) is 10.9 Å². The molecule has 0 saturated heterocycles. The number of carbonyl (C=O) groups excluding carboxylic acids is 1. The molecule has 5 nitrogen and oxygen atoms in total. The van der Waals surface area contributed by atoms with Crippen LogP contribution in [0.3, 0.4) is 0 Å². The van der Waals surface area contributed by atoms with Crippen LogP contribution >= 0.6 is 0 Å². The van der Waals surface area contributed by atoms with Gasteiger partial charge in [-0.15, -0.1) is 0 Å². The number of hydrogen-bond acceptors (Lipinski definition) is 4. The summed E-state index contributed by atoms with van der Waals surface area (Å²) in [6.07, 6.45) is 4.18. The van der Waals surface area contributed by atoms with E-state index in [-0.39, 0.29) is 11.6 Å². The Morgan fingerprint density at radius 1 is 1.33 bits per heavy atom. The number of aromatic nitrogens is 2. The van der Waals surface area contributed by atoms with Crippen molar-refractivity contribution < 1.29 is 9.90 Å². The fourth-order valence-corrected chi connectivity index (χ4v) is 3.17. The molecule has 2 aromatic rings. The number of nitrogens with zero attached hydrogens (tertiary/aromatic N) is 2. The molecule has 1 aromatic carbocycles. The molecule has 1 fully saturated rings. The largest absolute Gasteiger partial charge is 0.391 e. The zero-order valence-electron chi connectivity index (χ0n) is 12.2. The minimum Gasteiger partial charge on any atom is -0.391 e. The van der Waals surface area contributed by atoms with Gasteiger partial charge in [0.05, 0.1) is 29.4 Å². The van der Waals surface area contributed by atoms with Crippen LogP contribution in [-0.4, -0.2) is 27.0 Å². The first kappa shape index (κ1) is 13.9. The first-order valence-corrected chi connectivity index (χ1v) is 7.19. The second-order valence-electron chi connectivity index (χ2n) is 5.75. The molecule has 3 rings (SSSR count). The first-order valence-electron chi connectivity index (χ1n) is 7.19. The van der Waals surface area contributed by atoms with E-state index in [9.17, 15) is 14.7 Å². The topological polar surface area (TPSA) is 72.2 Å². The average Bonchev–Trinajstić information content (AvgIpc) is 2.89. The second kappa shape index (κ2) is 5.07. The average molecular weight is 286 g/mol. The maximum Gasteiger partial charge on any atom is 0.261 e. The number of rotatable bonds is 2. The van der Waals surface area contributed by atoms with Crippen LogP contribution in [0.2, 0.25) is 0 Å². The van der Waals surface area contributed by atoms with Gasteiger partial charge in [-0.2, -0.15) is 0 Å². The van der Waals surface area contributed by atoms with Gasteiger partial charge in [-0.25, -0.2) is 4.98 Å². The Balaban J connectivity index is 2.28. The van der Waals surface area contributed by atoms with Crippen LogP contribution in [0.5, 0.6) is 0 Å². The molecule has 1 heterocycles. The molecule has 1 saturated carbocycles. The second-order valence-corrected chi connectivity index (χ2v) is 5.75. The molecule has 110 valence electrons. The van der Waals surface area contributed by atoms with Gasteiger partial charge in [-0.1, -0.05) is 0 Å². The molecule has 0 amide bonds. The normalized spacial score (nSPS) is 21.9. The minimum absolute atomic E-state index is 0.183. The van der Waals surface area contributed by atoms with E-state index >= 15 is 0 Å². The van der Waals surface area contributed by atoms with Crippen LogP contribution in [0.15, 0.2) is 17.2 Å². The monoisotopic (exact) mass is 286 g/mol. The van der Waals surface area contributed by atoms with E-state index in [1.807, 2.05) is 13.8 Å². The molecular formula is C16H18N2O3. The third-order valence-corrected chi connectivity index (χ3v) is 4.61. The Kier molecular flexibility index (Phi) is 3.37. The molecule has 5 heteroatoms. The summed E-state index contributed by atoms with van der Waals surface area (Å²) in [5.41, 5.74) is 2.67. The number of aliphatic hydroxyl groups is 1. The van der Waals surface area contributed by atoms with Gasteiger partial charge in [0.1, 0.15) is 6.29 Å². The van der Waals surface area contributed by atoms with Gasteiger partial charge < -0.3 is 5.11 Å². The van der Waals surface area contributed by atoms with E-state index in [0.29, 0.717) is 22.9 Å². The van der Waals surface area contributed by atoms with Crippen LogP contribution in [0.4, 0.5) is 0 Å². The standard InChI is InChI=1S/C16H18N2O3/c1-9-10(2)15-12(6-11(9)7-19)16(21)18(8-17-15)13-4-3-5-14(13)20/h6-8,13-14,20H,3-5H2,1-2H3/t13-,14-/m0/s1. The van der Waals surface area contributed by atoms with Gasteiger partial charge in [0.15, 0.2) is 0 Å². The van der Waals surface area contributed by atoms with E-state index in [4.69, 9.17) is 0 Å². The predicted octanol–water partition coefficient (Wildman–Crippen LogP) is 1.91. The zero-order chi connectivity index (χ0) is 15.1. The Morgan fingerprint density at radius 2 is 2.10 bits per heavy atom. The number of aliphatic hydroxyl groups excluding tert-OH is 1. The smallest absolute Gasteiger partial charge is 0.261 e. The van der Waals surface area contributed by atoms with Crippen molar-refractivity contribution in [2.75, 3.05) is 0 Å². The molecule has 0 radical (unpaired) electrons. The molecule has 0 unspecified atom stereocenters. The quantitative estimate of drug-likeness (QED) is 0.856. The maximum absolute atomic E-state index is 12.7. The highest BCUT2D eigenvalue weighted by Gasteiger charge is 2.28. The Morgan fingerprint density at radius 3 is 2.71 bits per heavy atom. The van der Waals surface area contributed by atoms with Gasteiger partial charge in [-0.05, 0) is 50.3 Å². The maximum atomic E-state index is 12.7. The Labute approximate surface area is 122 Å². The van der Waals surface area contributed by atoms with Crippen LogP contribution < -0.4 is 5.56 Å². The summed E-state index contributed by atoms with van der Waals surface area (Å²) < 4.78 is 1.52. The van der Waals surface area contributed by atoms with E-state index in [1.165, 1.54) is 10.9 Å². The molecule has 1 aliphatic carbocycles. The van der Waals surface area contributed by atoms with Gasteiger partial charge in [0.2, 0.25) is 0 Å². The minimum atomic E-state index is -0.501. The highest BCUT2D eigenvalue weighted by molar-refractivity contribution is 5.90. The molecule has 2 atom stereocenters.